The zero-order chi connectivity index (χ0) is 29.5. The maximum atomic E-state index is 12.5. The molecule has 1 aliphatic rings. The van der Waals surface area contributed by atoms with Crippen molar-refractivity contribution in [1.29, 1.82) is 0 Å². The summed E-state index contributed by atoms with van der Waals surface area (Å²) in [7, 11) is 0. The normalized spacial score (nSPS) is 15.4. The van der Waals surface area contributed by atoms with E-state index in [4.69, 9.17) is 15.6 Å². The van der Waals surface area contributed by atoms with E-state index in [0.29, 0.717) is 35.4 Å². The molecule has 9 heteroatoms. The molecule has 1 aliphatic carbocycles. The Hall–Kier alpha value is -5.15. The van der Waals surface area contributed by atoms with E-state index in [0.717, 1.165) is 23.1 Å². The van der Waals surface area contributed by atoms with Crippen molar-refractivity contribution in [2.45, 2.75) is 38.1 Å². The summed E-state index contributed by atoms with van der Waals surface area (Å²) in [5, 5.41) is 18.1. The van der Waals surface area contributed by atoms with Gasteiger partial charge in [-0.2, -0.15) is 0 Å². The van der Waals surface area contributed by atoms with E-state index in [9.17, 15) is 14.4 Å². The summed E-state index contributed by atoms with van der Waals surface area (Å²) >= 11 is 0. The number of hydrogen-bond donors (Lipinski definition) is 5. The molecule has 0 heterocycles. The highest BCUT2D eigenvalue weighted by atomic mass is 16.5. The average molecular weight is 565 g/mol. The van der Waals surface area contributed by atoms with Gasteiger partial charge in [0.05, 0.1) is 16.9 Å². The van der Waals surface area contributed by atoms with Crippen molar-refractivity contribution >= 4 is 29.3 Å². The van der Waals surface area contributed by atoms with Crippen LogP contribution in [0.5, 0.6) is 0 Å². The van der Waals surface area contributed by atoms with Crippen LogP contribution in [0.4, 0.5) is 16.2 Å². The first-order valence-electron chi connectivity index (χ1n) is 13.7. The number of rotatable bonds is 11. The number of carboxylic acids is 1. The molecule has 2 unspecified atom stereocenters. The van der Waals surface area contributed by atoms with Gasteiger partial charge in [-0.3, -0.25) is 4.79 Å². The lowest BCUT2D eigenvalue weighted by Gasteiger charge is -2.10. The molecule has 0 aromatic heterocycles. The van der Waals surface area contributed by atoms with Crippen molar-refractivity contribution in [3.63, 3.8) is 0 Å². The number of benzene rings is 4. The van der Waals surface area contributed by atoms with Gasteiger partial charge in [-0.25, -0.2) is 9.59 Å². The minimum atomic E-state index is -0.924. The molecule has 0 aliphatic heterocycles. The van der Waals surface area contributed by atoms with E-state index >= 15 is 0 Å². The van der Waals surface area contributed by atoms with Crippen LogP contribution in [0.1, 0.15) is 55.3 Å². The van der Waals surface area contributed by atoms with Crippen molar-refractivity contribution in [3.05, 3.63) is 130 Å². The van der Waals surface area contributed by atoms with E-state index in [1.165, 1.54) is 5.56 Å². The number of aromatic carboxylic acids is 1. The highest BCUT2D eigenvalue weighted by Crippen LogP contribution is 2.41. The second-order valence-electron chi connectivity index (χ2n) is 10.2. The Balaban J connectivity index is 1.01. The molecular weight excluding hydrogens is 532 g/mol. The lowest BCUT2D eigenvalue weighted by molar-refractivity contribution is 0.0696. The Labute approximate surface area is 243 Å². The Morgan fingerprint density at radius 3 is 2.07 bits per heavy atom. The minimum absolute atomic E-state index is 0.159. The number of amides is 2. The van der Waals surface area contributed by atoms with Crippen LogP contribution in [0.2, 0.25) is 0 Å². The van der Waals surface area contributed by atoms with Gasteiger partial charge in [0.1, 0.15) is 6.61 Å². The fraction of sp³-hybridized carbons (Fsp3) is 0.182. The van der Waals surface area contributed by atoms with Crippen molar-refractivity contribution in [2.24, 2.45) is 0 Å². The number of ether oxygens (including phenoxy) is 1. The second-order valence-corrected chi connectivity index (χ2v) is 10.2. The smallest absolute Gasteiger partial charge is 0.407 e. The van der Waals surface area contributed by atoms with Crippen LogP contribution in [0, 0.1) is 0 Å². The van der Waals surface area contributed by atoms with Gasteiger partial charge >= 0.3 is 12.1 Å². The van der Waals surface area contributed by atoms with Gasteiger partial charge in [0.25, 0.3) is 5.91 Å². The number of carbonyl (C=O) groups excluding carboxylic acids is 2. The van der Waals surface area contributed by atoms with Crippen LogP contribution < -0.4 is 21.7 Å². The van der Waals surface area contributed by atoms with E-state index in [2.05, 4.69) is 28.1 Å². The molecule has 0 saturated heterocycles. The van der Waals surface area contributed by atoms with Gasteiger partial charge in [-0.15, -0.1) is 0 Å². The van der Waals surface area contributed by atoms with Gasteiger partial charge < -0.3 is 31.5 Å². The largest absolute Gasteiger partial charge is 0.478 e. The van der Waals surface area contributed by atoms with Gasteiger partial charge in [0.2, 0.25) is 0 Å². The molecular formula is C33H32N4O5. The summed E-state index contributed by atoms with van der Waals surface area (Å²) in [5.41, 5.74) is 11.7. The summed E-state index contributed by atoms with van der Waals surface area (Å²) in [6.07, 6.45) is 0.516. The van der Waals surface area contributed by atoms with Crippen LogP contribution in [-0.4, -0.2) is 29.1 Å². The quantitative estimate of drug-likeness (QED) is 0.156. The highest BCUT2D eigenvalue weighted by molar-refractivity contribution is 6.05. The highest BCUT2D eigenvalue weighted by Gasteiger charge is 2.37. The summed E-state index contributed by atoms with van der Waals surface area (Å²) in [6, 6.07) is 29.3. The fourth-order valence-electron chi connectivity index (χ4n) is 4.62. The standard InChI is InChI=1S/C33H32N4O5/c34-28-3-1-2-4-29(28)37-31(38)25-13-5-22(6-14-25)19-36-33(41)42-20-23-9-11-24(12-10-23)27-17-30(27)35-18-21-7-15-26(16-8-21)32(39)40/h1-16,27,30,35H,17-20,34H2,(H,36,41)(H,37,38)(H,39,40). The lowest BCUT2D eigenvalue weighted by Crippen LogP contribution is -2.23. The third kappa shape index (κ3) is 7.52. The lowest BCUT2D eigenvalue weighted by atomic mass is 10.1. The monoisotopic (exact) mass is 564 g/mol. The Morgan fingerprint density at radius 2 is 1.40 bits per heavy atom. The van der Waals surface area contributed by atoms with Crippen molar-refractivity contribution in [2.75, 3.05) is 11.1 Å². The van der Waals surface area contributed by atoms with Crippen molar-refractivity contribution in [1.82, 2.24) is 10.6 Å². The van der Waals surface area contributed by atoms with Gasteiger partial charge in [-0.1, -0.05) is 60.7 Å². The van der Waals surface area contributed by atoms with Crippen LogP contribution in [0.15, 0.2) is 97.1 Å². The molecule has 5 rings (SSSR count). The first-order valence-corrected chi connectivity index (χ1v) is 13.7. The molecule has 1 fully saturated rings. The van der Waals surface area contributed by atoms with Crippen LogP contribution in [0.25, 0.3) is 0 Å². The molecule has 0 bridgehead atoms. The molecule has 2 amide bonds. The second kappa shape index (κ2) is 13.0. The predicted octanol–water partition coefficient (Wildman–Crippen LogP) is 5.29. The number of carbonyl (C=O) groups is 3. The fourth-order valence-corrected chi connectivity index (χ4v) is 4.62. The molecule has 6 N–H and O–H groups in total. The Morgan fingerprint density at radius 1 is 0.786 bits per heavy atom. The molecule has 0 spiro atoms. The summed E-state index contributed by atoms with van der Waals surface area (Å²) in [5.74, 6) is -0.765. The van der Waals surface area contributed by atoms with E-state index in [1.54, 1.807) is 60.7 Å². The Kier molecular flexibility index (Phi) is 8.79. The zero-order valence-corrected chi connectivity index (χ0v) is 22.9. The molecule has 42 heavy (non-hydrogen) atoms. The maximum absolute atomic E-state index is 12.5. The third-order valence-corrected chi connectivity index (χ3v) is 7.20. The van der Waals surface area contributed by atoms with Crippen LogP contribution >= 0.6 is 0 Å². The summed E-state index contributed by atoms with van der Waals surface area (Å²) in [4.78, 5) is 35.7. The molecule has 214 valence electrons. The van der Waals surface area contributed by atoms with Gasteiger partial charge in [0, 0.05) is 30.6 Å². The molecule has 4 aromatic rings. The number of carboxylic acid groups (broad SMARTS) is 1. The first-order chi connectivity index (χ1) is 20.4. The topological polar surface area (TPSA) is 143 Å². The predicted molar refractivity (Wildman–Crippen MR) is 160 cm³/mol. The molecule has 9 nitrogen and oxygen atoms in total. The van der Waals surface area contributed by atoms with Gasteiger partial charge in [0.15, 0.2) is 0 Å². The molecule has 0 radical (unpaired) electrons. The number of anilines is 2. The SMILES string of the molecule is Nc1ccccc1NC(=O)c1ccc(CNC(=O)OCc2ccc(C3CC3NCc3ccc(C(=O)O)cc3)cc2)cc1. The Bertz CT molecular complexity index is 1550. The maximum Gasteiger partial charge on any atom is 0.407 e. The van der Waals surface area contributed by atoms with Crippen LogP contribution in [0.3, 0.4) is 0 Å². The molecule has 4 aromatic carbocycles. The molecule has 1 saturated carbocycles. The average Bonchev–Trinajstić information content (AvgIpc) is 3.79. The number of nitrogens with one attached hydrogen (secondary N) is 3. The minimum Gasteiger partial charge on any atom is -0.478 e. The van der Waals surface area contributed by atoms with Crippen molar-refractivity contribution in [3.8, 4) is 0 Å². The number of nitrogens with two attached hydrogens (primary N) is 1. The summed E-state index contributed by atoms with van der Waals surface area (Å²) < 4.78 is 5.36. The number of para-hydroxylation sites is 2. The van der Waals surface area contributed by atoms with E-state index in [1.807, 2.05) is 24.3 Å². The number of nitrogen functional groups attached to an aromatic ring is 1. The van der Waals surface area contributed by atoms with E-state index < -0.39 is 12.1 Å². The third-order valence-electron chi connectivity index (χ3n) is 7.20. The summed E-state index contributed by atoms with van der Waals surface area (Å²) in [6.45, 7) is 1.11. The zero-order valence-electron chi connectivity index (χ0n) is 22.9. The van der Waals surface area contributed by atoms with E-state index in [-0.39, 0.29) is 24.6 Å². The van der Waals surface area contributed by atoms with Gasteiger partial charge in [-0.05, 0) is 65.1 Å². The van der Waals surface area contributed by atoms with Crippen molar-refractivity contribution < 1.29 is 24.2 Å². The van der Waals surface area contributed by atoms with Crippen LogP contribution in [-0.2, 0) is 24.4 Å². The first kappa shape index (κ1) is 28.4. The molecule has 2 atom stereocenters. The number of hydrogen-bond acceptors (Lipinski definition) is 6. The number of alkyl carbamates (subject to hydrolysis) is 1.